The van der Waals surface area contributed by atoms with Gasteiger partial charge in [-0.3, -0.25) is 9.36 Å². The fraction of sp³-hybridized carbons (Fsp3) is 0.238. The van der Waals surface area contributed by atoms with Crippen molar-refractivity contribution in [2.75, 3.05) is 11.4 Å². The van der Waals surface area contributed by atoms with Crippen molar-refractivity contribution in [2.24, 2.45) is 0 Å². The molecular weight excluding hydrogens is 399 g/mol. The summed E-state index contributed by atoms with van der Waals surface area (Å²) in [6.45, 7) is 2.25. The Hall–Kier alpha value is -3.49. The Bertz CT molecular complexity index is 1150. The van der Waals surface area contributed by atoms with Crippen LogP contribution in [0, 0.1) is 6.92 Å². The summed E-state index contributed by atoms with van der Waals surface area (Å²) in [6, 6.07) is 10.6. The van der Waals surface area contributed by atoms with Crippen molar-refractivity contribution >= 4 is 11.6 Å². The molecule has 2 heterocycles. The topological polar surface area (TPSA) is 67.3 Å². The highest BCUT2D eigenvalue weighted by Gasteiger charge is 2.32. The van der Waals surface area contributed by atoms with E-state index in [0.717, 1.165) is 5.69 Å². The molecule has 0 bridgehead atoms. The molecule has 0 saturated heterocycles. The predicted molar refractivity (Wildman–Crippen MR) is 104 cm³/mol. The number of nitrogens with zero attached hydrogens (tertiary/aromatic N) is 2. The van der Waals surface area contributed by atoms with Gasteiger partial charge in [-0.25, -0.2) is 4.79 Å². The highest BCUT2D eigenvalue weighted by Crippen LogP contribution is 2.33. The first-order valence-electron chi connectivity index (χ1n) is 9.31. The van der Waals surface area contributed by atoms with Gasteiger partial charge in [0.2, 0.25) is 0 Å². The summed E-state index contributed by atoms with van der Waals surface area (Å²) in [5.41, 5.74) is 2.71. The van der Waals surface area contributed by atoms with Gasteiger partial charge in [-0.1, -0.05) is 0 Å². The van der Waals surface area contributed by atoms with Crippen LogP contribution in [0.4, 0.5) is 18.9 Å². The number of alkyl halides is 3. The molecule has 156 valence electrons. The Morgan fingerprint density at radius 2 is 1.87 bits per heavy atom. The van der Waals surface area contributed by atoms with Crippen LogP contribution in [-0.4, -0.2) is 28.4 Å². The van der Waals surface area contributed by atoms with Crippen molar-refractivity contribution < 1.29 is 22.7 Å². The van der Waals surface area contributed by atoms with Gasteiger partial charge in [-0.2, -0.15) is 0 Å². The van der Waals surface area contributed by atoms with Crippen LogP contribution in [0.1, 0.15) is 28.0 Å². The summed E-state index contributed by atoms with van der Waals surface area (Å²) in [5, 5.41) is 0. The second-order valence-electron chi connectivity index (χ2n) is 7.02. The van der Waals surface area contributed by atoms with Gasteiger partial charge >= 0.3 is 12.1 Å². The lowest BCUT2D eigenvalue weighted by Gasteiger charge is -2.30. The Kier molecular flexibility index (Phi) is 4.89. The molecule has 0 radical (unpaired) electrons. The summed E-state index contributed by atoms with van der Waals surface area (Å²) in [4.78, 5) is 29.1. The number of hydrogen-bond acceptors (Lipinski definition) is 3. The second kappa shape index (κ2) is 7.40. The van der Waals surface area contributed by atoms with E-state index in [-0.39, 0.29) is 17.3 Å². The number of aromatic amines is 1. The van der Waals surface area contributed by atoms with Crippen molar-refractivity contribution in [3.63, 3.8) is 0 Å². The summed E-state index contributed by atoms with van der Waals surface area (Å²) < 4.78 is 42.9. The molecule has 0 unspecified atom stereocenters. The number of imidazole rings is 1. The van der Waals surface area contributed by atoms with Crippen molar-refractivity contribution in [1.82, 2.24) is 9.55 Å². The Balaban J connectivity index is 1.60. The summed E-state index contributed by atoms with van der Waals surface area (Å²) in [5.74, 6) is -0.558. The standard InChI is InChI=1S/C21H18F3N3O3/c1-13-12-25-20(29)27(13)16-6-4-14(5-7-16)19(28)26-10-2-3-15-11-17(8-9-18(15)26)30-21(22,23)24/h4-9,11-12H,2-3,10H2,1H3,(H,25,29). The van der Waals surface area contributed by atoms with E-state index in [4.69, 9.17) is 0 Å². The van der Waals surface area contributed by atoms with Gasteiger partial charge in [0.15, 0.2) is 0 Å². The summed E-state index contributed by atoms with van der Waals surface area (Å²) >= 11 is 0. The van der Waals surface area contributed by atoms with Crippen LogP contribution in [-0.2, 0) is 6.42 Å². The maximum Gasteiger partial charge on any atom is 0.573 e. The van der Waals surface area contributed by atoms with E-state index in [1.807, 2.05) is 0 Å². The number of amides is 1. The highest BCUT2D eigenvalue weighted by atomic mass is 19.4. The number of benzene rings is 2. The van der Waals surface area contributed by atoms with Gasteiger partial charge in [0.25, 0.3) is 5.91 Å². The van der Waals surface area contributed by atoms with E-state index in [2.05, 4.69) is 9.72 Å². The third kappa shape index (κ3) is 3.83. The van der Waals surface area contributed by atoms with E-state index in [1.165, 1.54) is 22.8 Å². The fourth-order valence-electron chi connectivity index (χ4n) is 3.67. The van der Waals surface area contributed by atoms with Crippen LogP contribution in [0.25, 0.3) is 5.69 Å². The molecule has 4 rings (SSSR count). The summed E-state index contributed by atoms with van der Waals surface area (Å²) in [6.07, 6.45) is -1.98. The molecule has 9 heteroatoms. The Morgan fingerprint density at radius 3 is 2.50 bits per heavy atom. The predicted octanol–water partition coefficient (Wildman–Crippen LogP) is 3.97. The van der Waals surface area contributed by atoms with Gasteiger partial charge in [0.1, 0.15) is 5.75 Å². The average molecular weight is 417 g/mol. The summed E-state index contributed by atoms with van der Waals surface area (Å²) in [7, 11) is 0. The number of anilines is 1. The quantitative estimate of drug-likeness (QED) is 0.701. The monoisotopic (exact) mass is 417 g/mol. The van der Waals surface area contributed by atoms with Crippen molar-refractivity contribution in [3.05, 3.63) is 76.0 Å². The first-order chi connectivity index (χ1) is 14.2. The third-order valence-corrected chi connectivity index (χ3v) is 4.98. The molecule has 0 atom stereocenters. The van der Waals surface area contributed by atoms with E-state index in [0.29, 0.717) is 41.9 Å². The van der Waals surface area contributed by atoms with Crippen LogP contribution < -0.4 is 15.3 Å². The van der Waals surface area contributed by atoms with E-state index in [1.54, 1.807) is 42.3 Å². The maximum absolute atomic E-state index is 13.0. The first-order valence-corrected chi connectivity index (χ1v) is 9.31. The number of aromatic nitrogens is 2. The fourth-order valence-corrected chi connectivity index (χ4v) is 3.67. The zero-order valence-electron chi connectivity index (χ0n) is 16.0. The number of aryl methyl sites for hydroxylation is 2. The molecule has 1 amide bonds. The first kappa shape index (κ1) is 19.8. The molecule has 1 N–H and O–H groups in total. The van der Waals surface area contributed by atoms with E-state index >= 15 is 0 Å². The normalized spacial score (nSPS) is 13.8. The van der Waals surface area contributed by atoms with E-state index < -0.39 is 6.36 Å². The molecule has 6 nitrogen and oxygen atoms in total. The van der Waals surface area contributed by atoms with Crippen molar-refractivity contribution in [3.8, 4) is 11.4 Å². The largest absolute Gasteiger partial charge is 0.573 e. The molecule has 1 aliphatic rings. The number of fused-ring (bicyclic) bond motifs is 1. The molecule has 0 saturated carbocycles. The van der Waals surface area contributed by atoms with Crippen LogP contribution >= 0.6 is 0 Å². The Labute approximate surface area is 169 Å². The van der Waals surface area contributed by atoms with Gasteiger partial charge in [0, 0.05) is 29.7 Å². The number of carbonyl (C=O) groups is 1. The van der Waals surface area contributed by atoms with Crippen LogP contribution in [0.5, 0.6) is 5.75 Å². The second-order valence-corrected chi connectivity index (χ2v) is 7.02. The SMILES string of the molecule is Cc1c[nH]c(=O)n1-c1ccc(C(=O)N2CCCc3cc(OC(F)(F)F)ccc32)cc1. The lowest BCUT2D eigenvalue weighted by molar-refractivity contribution is -0.274. The highest BCUT2D eigenvalue weighted by molar-refractivity contribution is 6.06. The minimum atomic E-state index is -4.76. The minimum absolute atomic E-state index is 0.259. The zero-order valence-corrected chi connectivity index (χ0v) is 16.0. The molecule has 1 aromatic heterocycles. The molecule has 0 aliphatic carbocycles. The molecule has 0 fully saturated rings. The number of hydrogen-bond donors (Lipinski definition) is 1. The third-order valence-electron chi connectivity index (χ3n) is 4.98. The Morgan fingerprint density at radius 1 is 1.13 bits per heavy atom. The molecule has 30 heavy (non-hydrogen) atoms. The van der Waals surface area contributed by atoms with Gasteiger partial charge in [-0.15, -0.1) is 13.2 Å². The smallest absolute Gasteiger partial charge is 0.406 e. The van der Waals surface area contributed by atoms with Crippen molar-refractivity contribution in [2.45, 2.75) is 26.1 Å². The molecule has 3 aromatic rings. The van der Waals surface area contributed by atoms with Crippen LogP contribution in [0.2, 0.25) is 0 Å². The minimum Gasteiger partial charge on any atom is -0.406 e. The molecule has 2 aromatic carbocycles. The average Bonchev–Trinajstić information content (AvgIpc) is 3.04. The lowest BCUT2D eigenvalue weighted by atomic mass is 10.0. The van der Waals surface area contributed by atoms with Crippen LogP contribution in [0.15, 0.2) is 53.5 Å². The maximum atomic E-state index is 13.0. The molecule has 1 aliphatic heterocycles. The number of H-pyrrole nitrogens is 1. The van der Waals surface area contributed by atoms with Crippen molar-refractivity contribution in [1.29, 1.82) is 0 Å². The molecular formula is C21H18F3N3O3. The van der Waals surface area contributed by atoms with Crippen LogP contribution in [0.3, 0.4) is 0 Å². The van der Waals surface area contributed by atoms with Gasteiger partial charge in [-0.05, 0) is 67.8 Å². The number of carbonyl (C=O) groups excluding carboxylic acids is 1. The van der Waals surface area contributed by atoms with Gasteiger partial charge < -0.3 is 14.6 Å². The zero-order chi connectivity index (χ0) is 21.5. The number of halogens is 3. The number of ether oxygens (including phenoxy) is 1. The molecule has 0 spiro atoms. The number of rotatable bonds is 3. The number of nitrogens with one attached hydrogen (secondary N) is 1. The van der Waals surface area contributed by atoms with E-state index in [9.17, 15) is 22.8 Å². The van der Waals surface area contributed by atoms with Gasteiger partial charge in [0.05, 0.1) is 5.69 Å². The lowest BCUT2D eigenvalue weighted by Crippen LogP contribution is -2.35.